The molecule has 0 saturated carbocycles. The van der Waals surface area contributed by atoms with Gasteiger partial charge in [0.1, 0.15) is 0 Å². The molecule has 1 aromatic rings. The van der Waals surface area contributed by atoms with Gasteiger partial charge in [-0.3, -0.25) is 0 Å². The molecule has 1 atom stereocenters. The summed E-state index contributed by atoms with van der Waals surface area (Å²) in [5.41, 5.74) is 8.30. The minimum atomic E-state index is 0.332. The Morgan fingerprint density at radius 1 is 1.32 bits per heavy atom. The first-order chi connectivity index (χ1) is 9.13. The standard InChI is InChI=1S/C15H24N2O2/c1-4-12(7-16)8-17(3)9-13-6-15-14(5-11(13)2)18-10-19-15/h5-6,12H,4,7-10,16H2,1-3H3. The topological polar surface area (TPSA) is 47.7 Å². The van der Waals surface area contributed by atoms with Gasteiger partial charge >= 0.3 is 0 Å². The van der Waals surface area contributed by atoms with Gasteiger partial charge in [0.15, 0.2) is 11.5 Å². The van der Waals surface area contributed by atoms with Crippen LogP contribution in [-0.2, 0) is 6.54 Å². The maximum absolute atomic E-state index is 5.77. The van der Waals surface area contributed by atoms with Crippen LogP contribution in [-0.4, -0.2) is 31.8 Å². The Kier molecular flexibility index (Phi) is 4.66. The fourth-order valence-electron chi connectivity index (χ4n) is 2.42. The molecule has 1 aliphatic heterocycles. The van der Waals surface area contributed by atoms with Crippen molar-refractivity contribution in [3.05, 3.63) is 23.3 Å². The molecule has 106 valence electrons. The van der Waals surface area contributed by atoms with Crippen molar-refractivity contribution in [1.29, 1.82) is 0 Å². The smallest absolute Gasteiger partial charge is 0.231 e. The summed E-state index contributed by atoms with van der Waals surface area (Å²) in [6.07, 6.45) is 1.13. The van der Waals surface area contributed by atoms with E-state index in [4.69, 9.17) is 15.2 Å². The highest BCUT2D eigenvalue weighted by Gasteiger charge is 2.17. The van der Waals surface area contributed by atoms with Gasteiger partial charge in [-0.25, -0.2) is 0 Å². The average molecular weight is 264 g/mol. The van der Waals surface area contributed by atoms with Crippen molar-refractivity contribution in [2.75, 3.05) is 26.9 Å². The van der Waals surface area contributed by atoms with E-state index in [1.807, 2.05) is 0 Å². The van der Waals surface area contributed by atoms with Crippen LogP contribution in [0.2, 0.25) is 0 Å². The van der Waals surface area contributed by atoms with Crippen LogP contribution >= 0.6 is 0 Å². The van der Waals surface area contributed by atoms with Crippen molar-refractivity contribution in [1.82, 2.24) is 4.90 Å². The second-order valence-electron chi connectivity index (χ2n) is 5.34. The number of nitrogens with two attached hydrogens (primary N) is 1. The van der Waals surface area contributed by atoms with Gasteiger partial charge in [0, 0.05) is 13.1 Å². The van der Waals surface area contributed by atoms with Gasteiger partial charge in [0.2, 0.25) is 6.79 Å². The number of rotatable bonds is 6. The molecule has 1 heterocycles. The average Bonchev–Trinajstić information content (AvgIpc) is 2.83. The van der Waals surface area contributed by atoms with E-state index >= 15 is 0 Å². The van der Waals surface area contributed by atoms with Crippen LogP contribution in [0.5, 0.6) is 11.5 Å². The summed E-state index contributed by atoms with van der Waals surface area (Å²) in [7, 11) is 2.14. The number of benzene rings is 1. The van der Waals surface area contributed by atoms with Gasteiger partial charge in [-0.15, -0.1) is 0 Å². The second kappa shape index (κ2) is 6.26. The molecule has 19 heavy (non-hydrogen) atoms. The van der Waals surface area contributed by atoms with Crippen LogP contribution in [0.15, 0.2) is 12.1 Å². The molecule has 0 bridgehead atoms. The molecule has 0 saturated heterocycles. The molecule has 0 radical (unpaired) electrons. The molecular weight excluding hydrogens is 240 g/mol. The summed E-state index contributed by atoms with van der Waals surface area (Å²) in [5, 5.41) is 0. The van der Waals surface area contributed by atoms with Gasteiger partial charge in [-0.1, -0.05) is 13.3 Å². The predicted molar refractivity (Wildman–Crippen MR) is 76.5 cm³/mol. The third-order valence-electron chi connectivity index (χ3n) is 3.75. The van der Waals surface area contributed by atoms with Gasteiger partial charge in [-0.05, 0) is 49.7 Å². The summed E-state index contributed by atoms with van der Waals surface area (Å²) in [4.78, 5) is 2.32. The largest absolute Gasteiger partial charge is 0.454 e. The Morgan fingerprint density at radius 3 is 2.63 bits per heavy atom. The first kappa shape index (κ1) is 14.2. The Morgan fingerprint density at radius 2 is 2.00 bits per heavy atom. The quantitative estimate of drug-likeness (QED) is 0.855. The zero-order valence-corrected chi connectivity index (χ0v) is 12.1. The Bertz CT molecular complexity index is 430. The monoisotopic (exact) mass is 264 g/mol. The molecule has 2 N–H and O–H groups in total. The van der Waals surface area contributed by atoms with Crippen molar-refractivity contribution in [2.45, 2.75) is 26.8 Å². The minimum absolute atomic E-state index is 0.332. The van der Waals surface area contributed by atoms with E-state index < -0.39 is 0 Å². The van der Waals surface area contributed by atoms with E-state index in [9.17, 15) is 0 Å². The lowest BCUT2D eigenvalue weighted by atomic mass is 10.0. The van der Waals surface area contributed by atoms with Crippen molar-refractivity contribution in [3.63, 3.8) is 0 Å². The first-order valence-electron chi connectivity index (χ1n) is 6.91. The number of hydrogen-bond donors (Lipinski definition) is 1. The number of nitrogens with zero attached hydrogens (tertiary/aromatic N) is 1. The van der Waals surface area contributed by atoms with E-state index in [-0.39, 0.29) is 0 Å². The van der Waals surface area contributed by atoms with E-state index in [0.29, 0.717) is 12.7 Å². The summed E-state index contributed by atoms with van der Waals surface area (Å²) in [5.74, 6) is 2.29. The fraction of sp³-hybridized carbons (Fsp3) is 0.600. The third-order valence-corrected chi connectivity index (χ3v) is 3.75. The van der Waals surface area contributed by atoms with E-state index in [2.05, 4.69) is 37.9 Å². The van der Waals surface area contributed by atoms with Crippen LogP contribution < -0.4 is 15.2 Å². The summed E-state index contributed by atoms with van der Waals surface area (Å²) >= 11 is 0. The number of aryl methyl sites for hydroxylation is 1. The molecule has 0 fully saturated rings. The number of hydrogen-bond acceptors (Lipinski definition) is 4. The van der Waals surface area contributed by atoms with Crippen molar-refractivity contribution in [2.24, 2.45) is 11.7 Å². The van der Waals surface area contributed by atoms with Crippen LogP contribution in [0.4, 0.5) is 0 Å². The van der Waals surface area contributed by atoms with Gasteiger partial charge < -0.3 is 20.1 Å². The zero-order chi connectivity index (χ0) is 13.8. The van der Waals surface area contributed by atoms with Crippen LogP contribution in [0.3, 0.4) is 0 Å². The van der Waals surface area contributed by atoms with E-state index in [1.54, 1.807) is 0 Å². The van der Waals surface area contributed by atoms with Gasteiger partial charge in [-0.2, -0.15) is 0 Å². The molecule has 1 unspecified atom stereocenters. The summed E-state index contributed by atoms with van der Waals surface area (Å²) < 4.78 is 10.8. The van der Waals surface area contributed by atoms with Crippen molar-refractivity contribution < 1.29 is 9.47 Å². The molecule has 0 spiro atoms. The van der Waals surface area contributed by atoms with Gasteiger partial charge in [0.25, 0.3) is 0 Å². The highest BCUT2D eigenvalue weighted by Crippen LogP contribution is 2.34. The van der Waals surface area contributed by atoms with Crippen molar-refractivity contribution in [3.8, 4) is 11.5 Å². The second-order valence-corrected chi connectivity index (χ2v) is 5.34. The van der Waals surface area contributed by atoms with E-state index in [1.165, 1.54) is 11.1 Å². The third kappa shape index (κ3) is 3.39. The zero-order valence-electron chi connectivity index (χ0n) is 12.1. The predicted octanol–water partition coefficient (Wildman–Crippen LogP) is 2.14. The number of fused-ring (bicyclic) bond motifs is 1. The lowest BCUT2D eigenvalue weighted by Crippen LogP contribution is -2.29. The molecule has 4 heteroatoms. The molecule has 1 aromatic carbocycles. The van der Waals surface area contributed by atoms with E-state index in [0.717, 1.165) is 37.6 Å². The SMILES string of the molecule is CCC(CN)CN(C)Cc1cc2c(cc1C)OCO2. The minimum Gasteiger partial charge on any atom is -0.454 e. The highest BCUT2D eigenvalue weighted by molar-refractivity contribution is 5.48. The lowest BCUT2D eigenvalue weighted by Gasteiger charge is -2.23. The number of ether oxygens (including phenoxy) is 2. The molecule has 1 aliphatic rings. The first-order valence-corrected chi connectivity index (χ1v) is 6.91. The summed E-state index contributed by atoms with van der Waals surface area (Å²) in [6, 6.07) is 4.16. The molecule has 0 amide bonds. The maximum atomic E-state index is 5.77. The Balaban J connectivity index is 2.02. The molecule has 2 rings (SSSR count). The fourth-order valence-corrected chi connectivity index (χ4v) is 2.42. The molecule has 0 aromatic heterocycles. The Hall–Kier alpha value is -1.26. The van der Waals surface area contributed by atoms with Crippen LogP contribution in [0.1, 0.15) is 24.5 Å². The van der Waals surface area contributed by atoms with Crippen LogP contribution in [0.25, 0.3) is 0 Å². The molecule has 4 nitrogen and oxygen atoms in total. The van der Waals surface area contributed by atoms with Crippen LogP contribution in [0, 0.1) is 12.8 Å². The lowest BCUT2D eigenvalue weighted by molar-refractivity contribution is 0.174. The van der Waals surface area contributed by atoms with Gasteiger partial charge in [0.05, 0.1) is 0 Å². The normalized spacial score (nSPS) is 15.0. The summed E-state index contributed by atoms with van der Waals surface area (Å²) in [6.45, 7) is 7.34. The maximum Gasteiger partial charge on any atom is 0.231 e. The molecular formula is C15H24N2O2. The Labute approximate surface area is 115 Å². The molecule has 0 aliphatic carbocycles. The van der Waals surface area contributed by atoms with Crippen molar-refractivity contribution >= 4 is 0 Å². The highest BCUT2D eigenvalue weighted by atomic mass is 16.7.